The molecular weight excluding hydrogens is 341 g/mol. The van der Waals surface area contributed by atoms with Crippen molar-refractivity contribution in [1.82, 2.24) is 14.9 Å². The zero-order valence-corrected chi connectivity index (χ0v) is 12.7. The van der Waals surface area contributed by atoms with E-state index in [0.717, 1.165) is 19.7 Å². The maximum Gasteiger partial charge on any atom is 0.161 e. The molecule has 2 unspecified atom stereocenters. The Labute approximate surface area is 124 Å². The lowest BCUT2D eigenvalue weighted by Crippen LogP contribution is -2.42. The quantitative estimate of drug-likeness (QED) is 0.728. The Bertz CT molecular complexity index is 451. The largest absolute Gasteiger partial charge is 0.367 e. The van der Waals surface area contributed by atoms with Crippen LogP contribution >= 0.6 is 39.1 Å². The Balaban J connectivity index is 1.83. The van der Waals surface area contributed by atoms with Crippen LogP contribution < -0.4 is 0 Å². The summed E-state index contributed by atoms with van der Waals surface area (Å²) >= 11 is 15.2. The van der Waals surface area contributed by atoms with Gasteiger partial charge in [-0.1, -0.05) is 23.2 Å². The molecule has 98 valence electrons. The summed E-state index contributed by atoms with van der Waals surface area (Å²) in [6, 6.07) is 0.558. The summed E-state index contributed by atoms with van der Waals surface area (Å²) in [6.07, 6.45) is 2.32. The summed E-state index contributed by atoms with van der Waals surface area (Å²) in [5, 5.41) is 0.661. The first kappa shape index (κ1) is 13.1. The molecule has 0 aromatic carbocycles. The van der Waals surface area contributed by atoms with Crippen LogP contribution in [0.2, 0.25) is 10.3 Å². The molecule has 0 bridgehead atoms. The van der Waals surface area contributed by atoms with Crippen molar-refractivity contribution in [2.45, 2.75) is 25.0 Å². The molecule has 18 heavy (non-hydrogen) atoms. The molecule has 2 atom stereocenters. The highest BCUT2D eigenvalue weighted by Crippen LogP contribution is 2.32. The molecular formula is C11H12BrCl2N3O. The van der Waals surface area contributed by atoms with Gasteiger partial charge in [-0.15, -0.1) is 0 Å². The molecule has 0 radical (unpaired) electrons. The molecule has 7 heteroatoms. The van der Waals surface area contributed by atoms with E-state index in [9.17, 15) is 0 Å². The number of ether oxygens (including phenoxy) is 1. The van der Waals surface area contributed by atoms with E-state index in [0.29, 0.717) is 26.6 Å². The molecule has 2 aliphatic heterocycles. The topological polar surface area (TPSA) is 38.2 Å². The number of aromatic nitrogens is 2. The Morgan fingerprint density at radius 2 is 2.00 bits per heavy atom. The van der Waals surface area contributed by atoms with E-state index in [4.69, 9.17) is 27.9 Å². The van der Waals surface area contributed by atoms with Gasteiger partial charge in [-0.05, 0) is 35.3 Å². The standard InChI is InChI=1S/C11H12BrCl2N3O/c12-8-9(13)15-11(16-10(8)14)7-4-17-3-1-2-6(17)5-18-7/h6-7H,1-5H2. The van der Waals surface area contributed by atoms with Gasteiger partial charge in [-0.25, -0.2) is 9.97 Å². The fraction of sp³-hybridized carbons (Fsp3) is 0.636. The van der Waals surface area contributed by atoms with Crippen LogP contribution in [0.4, 0.5) is 0 Å². The first-order chi connectivity index (χ1) is 8.65. The van der Waals surface area contributed by atoms with Crippen molar-refractivity contribution in [3.05, 3.63) is 20.6 Å². The minimum Gasteiger partial charge on any atom is -0.367 e. The molecule has 2 fully saturated rings. The maximum atomic E-state index is 6.00. The van der Waals surface area contributed by atoms with Crippen LogP contribution in [0.15, 0.2) is 4.47 Å². The third-order valence-corrected chi connectivity index (χ3v) is 5.22. The number of halogens is 3. The average molecular weight is 353 g/mol. The third kappa shape index (κ3) is 2.39. The van der Waals surface area contributed by atoms with Crippen molar-refractivity contribution in [3.8, 4) is 0 Å². The maximum absolute atomic E-state index is 6.00. The van der Waals surface area contributed by atoms with Crippen molar-refractivity contribution < 1.29 is 4.74 Å². The Morgan fingerprint density at radius 3 is 2.72 bits per heavy atom. The summed E-state index contributed by atoms with van der Waals surface area (Å²) in [4.78, 5) is 10.9. The molecule has 1 aromatic rings. The van der Waals surface area contributed by atoms with E-state index in [1.807, 2.05) is 0 Å². The molecule has 0 amide bonds. The first-order valence-corrected chi connectivity index (χ1v) is 7.44. The van der Waals surface area contributed by atoms with Crippen molar-refractivity contribution in [2.24, 2.45) is 0 Å². The van der Waals surface area contributed by atoms with Crippen LogP contribution in [0, 0.1) is 0 Å². The number of hydrogen-bond acceptors (Lipinski definition) is 4. The predicted octanol–water partition coefficient (Wildman–Crippen LogP) is 3.08. The van der Waals surface area contributed by atoms with Gasteiger partial charge in [-0.3, -0.25) is 4.90 Å². The second kappa shape index (κ2) is 5.21. The summed E-state index contributed by atoms with van der Waals surface area (Å²) < 4.78 is 6.36. The number of nitrogens with zero attached hydrogens (tertiary/aromatic N) is 3. The van der Waals surface area contributed by atoms with E-state index in [1.54, 1.807) is 0 Å². The third-order valence-electron chi connectivity index (χ3n) is 3.46. The van der Waals surface area contributed by atoms with Crippen LogP contribution in [0.25, 0.3) is 0 Å². The predicted molar refractivity (Wildman–Crippen MR) is 73.0 cm³/mol. The summed E-state index contributed by atoms with van der Waals surface area (Å²) in [5.41, 5.74) is 0. The molecule has 0 spiro atoms. The van der Waals surface area contributed by atoms with Gasteiger partial charge in [0.2, 0.25) is 0 Å². The van der Waals surface area contributed by atoms with E-state index >= 15 is 0 Å². The highest BCUT2D eigenvalue weighted by atomic mass is 79.9. The van der Waals surface area contributed by atoms with Gasteiger partial charge in [0.05, 0.1) is 11.1 Å². The minimum atomic E-state index is -0.137. The van der Waals surface area contributed by atoms with Crippen LogP contribution in [0.1, 0.15) is 24.8 Å². The van der Waals surface area contributed by atoms with Gasteiger partial charge in [0.1, 0.15) is 16.4 Å². The Morgan fingerprint density at radius 1 is 1.28 bits per heavy atom. The zero-order valence-electron chi connectivity index (χ0n) is 9.57. The molecule has 3 rings (SSSR count). The SMILES string of the molecule is Clc1nc(C2CN3CCCC3CO2)nc(Cl)c1Br. The smallest absolute Gasteiger partial charge is 0.161 e. The lowest BCUT2D eigenvalue weighted by Gasteiger charge is -2.34. The number of hydrogen-bond donors (Lipinski definition) is 0. The van der Waals surface area contributed by atoms with Crippen LogP contribution in [0.5, 0.6) is 0 Å². The van der Waals surface area contributed by atoms with Crippen LogP contribution in [-0.2, 0) is 4.74 Å². The van der Waals surface area contributed by atoms with Gasteiger partial charge in [0.15, 0.2) is 5.82 Å². The number of morpholine rings is 1. The Kier molecular flexibility index (Phi) is 3.78. The second-order valence-electron chi connectivity index (χ2n) is 4.59. The molecule has 4 nitrogen and oxygen atoms in total. The highest BCUT2D eigenvalue weighted by Gasteiger charge is 2.34. The summed E-state index contributed by atoms with van der Waals surface area (Å²) in [6.45, 7) is 2.68. The number of rotatable bonds is 1. The van der Waals surface area contributed by atoms with Gasteiger partial charge in [0.25, 0.3) is 0 Å². The van der Waals surface area contributed by atoms with E-state index in [-0.39, 0.29) is 6.10 Å². The van der Waals surface area contributed by atoms with E-state index in [2.05, 4.69) is 30.8 Å². The molecule has 3 heterocycles. The fourth-order valence-corrected chi connectivity index (χ4v) is 3.10. The second-order valence-corrected chi connectivity index (χ2v) is 6.10. The van der Waals surface area contributed by atoms with E-state index < -0.39 is 0 Å². The van der Waals surface area contributed by atoms with Gasteiger partial charge >= 0.3 is 0 Å². The number of fused-ring (bicyclic) bond motifs is 1. The average Bonchev–Trinajstić information content (AvgIpc) is 2.82. The minimum absolute atomic E-state index is 0.137. The lowest BCUT2D eigenvalue weighted by atomic mass is 10.2. The zero-order chi connectivity index (χ0) is 12.7. The van der Waals surface area contributed by atoms with Crippen LogP contribution in [-0.4, -0.2) is 40.6 Å². The van der Waals surface area contributed by atoms with Gasteiger partial charge < -0.3 is 4.74 Å². The fourth-order valence-electron chi connectivity index (χ4n) is 2.53. The molecule has 0 aliphatic carbocycles. The molecule has 1 aromatic heterocycles. The lowest BCUT2D eigenvalue weighted by molar-refractivity contribution is -0.0541. The van der Waals surface area contributed by atoms with Gasteiger partial charge in [-0.2, -0.15) is 0 Å². The molecule has 0 saturated carbocycles. The van der Waals surface area contributed by atoms with E-state index in [1.165, 1.54) is 12.8 Å². The van der Waals surface area contributed by atoms with Crippen molar-refractivity contribution in [3.63, 3.8) is 0 Å². The first-order valence-electron chi connectivity index (χ1n) is 5.89. The van der Waals surface area contributed by atoms with Crippen LogP contribution in [0.3, 0.4) is 0 Å². The van der Waals surface area contributed by atoms with Crippen molar-refractivity contribution in [2.75, 3.05) is 19.7 Å². The van der Waals surface area contributed by atoms with Crippen molar-refractivity contribution >= 4 is 39.1 Å². The highest BCUT2D eigenvalue weighted by molar-refractivity contribution is 9.10. The molecule has 2 aliphatic rings. The monoisotopic (exact) mass is 351 g/mol. The summed E-state index contributed by atoms with van der Waals surface area (Å²) in [5.74, 6) is 0.568. The normalized spacial score (nSPS) is 28.4. The summed E-state index contributed by atoms with van der Waals surface area (Å²) in [7, 11) is 0. The van der Waals surface area contributed by atoms with Crippen molar-refractivity contribution in [1.29, 1.82) is 0 Å². The van der Waals surface area contributed by atoms with Gasteiger partial charge in [0, 0.05) is 12.6 Å². The molecule has 0 N–H and O–H groups in total. The molecule has 2 saturated heterocycles. The Hall–Kier alpha value is 0.0600.